The van der Waals surface area contributed by atoms with Gasteiger partial charge in [-0.1, -0.05) is 0 Å². The van der Waals surface area contributed by atoms with Crippen molar-refractivity contribution < 1.29 is 0 Å². The first-order valence-corrected chi connectivity index (χ1v) is 6.45. The Bertz CT molecular complexity index is 183. The first-order valence-electron chi connectivity index (χ1n) is 6.45. The van der Waals surface area contributed by atoms with Crippen molar-refractivity contribution in [2.24, 2.45) is 0 Å². The Labute approximate surface area is 98.7 Å². The zero-order valence-electron chi connectivity index (χ0n) is 10.4. The Balaban J connectivity index is 1.62. The van der Waals surface area contributed by atoms with Crippen LogP contribution in [0.2, 0.25) is 0 Å². The highest BCUT2D eigenvalue weighted by Gasteiger charge is 2.14. The second kappa shape index (κ2) is 6.51. The number of hydrazine groups is 1. The number of hydrogen-bond donors (Lipinski definition) is 2. The molecule has 0 unspecified atom stereocenters. The monoisotopic (exact) mass is 227 g/mol. The van der Waals surface area contributed by atoms with E-state index in [4.69, 9.17) is 0 Å². The molecule has 0 radical (unpaired) electrons. The second-order valence-corrected chi connectivity index (χ2v) is 4.83. The van der Waals surface area contributed by atoms with Crippen molar-refractivity contribution >= 4 is 0 Å². The van der Waals surface area contributed by atoms with E-state index in [9.17, 15) is 0 Å². The van der Waals surface area contributed by atoms with Crippen molar-refractivity contribution in [3.63, 3.8) is 0 Å². The van der Waals surface area contributed by atoms with Gasteiger partial charge in [-0.3, -0.25) is 4.90 Å². The van der Waals surface area contributed by atoms with E-state index in [2.05, 4.69) is 32.6 Å². The fourth-order valence-electron chi connectivity index (χ4n) is 2.21. The number of likely N-dealkylation sites (N-methyl/N-ethyl adjacent to an activating group) is 1. The third-order valence-corrected chi connectivity index (χ3v) is 3.45. The van der Waals surface area contributed by atoms with E-state index >= 15 is 0 Å². The van der Waals surface area contributed by atoms with E-state index in [1.807, 2.05) is 0 Å². The topological polar surface area (TPSA) is 33.8 Å². The van der Waals surface area contributed by atoms with E-state index in [-0.39, 0.29) is 0 Å². The minimum Gasteiger partial charge on any atom is -0.315 e. The summed E-state index contributed by atoms with van der Waals surface area (Å²) in [7, 11) is 2.20. The summed E-state index contributed by atoms with van der Waals surface area (Å²) in [5.74, 6) is 0. The Morgan fingerprint density at radius 1 is 1.00 bits per heavy atom. The van der Waals surface area contributed by atoms with E-state index in [0.717, 1.165) is 26.3 Å². The molecule has 0 atom stereocenters. The maximum Gasteiger partial charge on any atom is 0.0618 e. The van der Waals surface area contributed by atoms with E-state index in [1.54, 1.807) is 0 Å². The van der Waals surface area contributed by atoms with Crippen molar-refractivity contribution in [3.8, 4) is 0 Å². The minimum absolute atomic E-state index is 1.01. The van der Waals surface area contributed by atoms with Gasteiger partial charge in [-0.05, 0) is 20.0 Å². The lowest BCUT2D eigenvalue weighted by Crippen LogP contribution is -2.51. The van der Waals surface area contributed by atoms with Gasteiger partial charge in [0.25, 0.3) is 0 Å². The zero-order valence-corrected chi connectivity index (χ0v) is 10.4. The number of hydrogen-bond acceptors (Lipinski definition) is 5. The molecule has 2 heterocycles. The van der Waals surface area contributed by atoms with Gasteiger partial charge in [0, 0.05) is 45.8 Å². The number of nitrogens with one attached hydrogen (secondary N) is 2. The van der Waals surface area contributed by atoms with E-state index in [0.29, 0.717) is 0 Å². The highest BCUT2D eigenvalue weighted by Crippen LogP contribution is 1.98. The van der Waals surface area contributed by atoms with Crippen molar-refractivity contribution in [2.75, 3.05) is 66.1 Å². The van der Waals surface area contributed by atoms with Gasteiger partial charge in [-0.15, -0.1) is 0 Å². The summed E-state index contributed by atoms with van der Waals surface area (Å²) in [5, 5.41) is 5.78. The molecule has 0 aromatic heterocycles. The molecular formula is C11H25N5. The molecule has 94 valence electrons. The molecule has 16 heavy (non-hydrogen) atoms. The molecule has 0 aromatic rings. The lowest BCUT2D eigenvalue weighted by molar-refractivity contribution is 0.0944. The fraction of sp³-hybridized carbons (Fsp3) is 1.00. The van der Waals surface area contributed by atoms with Crippen LogP contribution >= 0.6 is 0 Å². The summed E-state index contributed by atoms with van der Waals surface area (Å²) >= 11 is 0. The standard InChI is InChI=1S/C11H25N5/c1-14-7-9-15(10-8-14)11-13-16-5-2-3-12-4-6-16/h12-13H,2-11H2,1H3. The predicted octanol–water partition coefficient (Wildman–Crippen LogP) is -1.01. The molecule has 5 heteroatoms. The molecule has 0 spiro atoms. The SMILES string of the molecule is CN1CCN(CNN2CCCNCC2)CC1. The third-order valence-electron chi connectivity index (χ3n) is 3.45. The van der Waals surface area contributed by atoms with Gasteiger partial charge in [-0.2, -0.15) is 0 Å². The van der Waals surface area contributed by atoms with Crippen LogP contribution in [-0.4, -0.2) is 80.9 Å². The number of piperazine rings is 1. The summed E-state index contributed by atoms with van der Waals surface area (Å²) in [4.78, 5) is 4.89. The maximum atomic E-state index is 3.55. The molecular weight excluding hydrogens is 202 g/mol. The van der Waals surface area contributed by atoms with Gasteiger partial charge in [-0.25, -0.2) is 10.4 Å². The van der Waals surface area contributed by atoms with E-state index < -0.39 is 0 Å². The lowest BCUT2D eigenvalue weighted by atomic mass is 10.3. The van der Waals surface area contributed by atoms with Crippen molar-refractivity contribution in [1.82, 2.24) is 25.6 Å². The van der Waals surface area contributed by atoms with Crippen molar-refractivity contribution in [1.29, 1.82) is 0 Å². The van der Waals surface area contributed by atoms with Gasteiger partial charge >= 0.3 is 0 Å². The van der Waals surface area contributed by atoms with E-state index in [1.165, 1.54) is 39.1 Å². The van der Waals surface area contributed by atoms with Crippen LogP contribution in [0.1, 0.15) is 6.42 Å². The highest BCUT2D eigenvalue weighted by molar-refractivity contribution is 4.69. The third kappa shape index (κ3) is 3.99. The van der Waals surface area contributed by atoms with Crippen LogP contribution in [0.4, 0.5) is 0 Å². The largest absolute Gasteiger partial charge is 0.315 e. The average molecular weight is 227 g/mol. The summed E-state index contributed by atoms with van der Waals surface area (Å²) < 4.78 is 0. The molecule has 0 aromatic carbocycles. The smallest absolute Gasteiger partial charge is 0.0618 e. The van der Waals surface area contributed by atoms with Gasteiger partial charge in [0.05, 0.1) is 6.67 Å². The second-order valence-electron chi connectivity index (χ2n) is 4.83. The van der Waals surface area contributed by atoms with Crippen LogP contribution in [0.25, 0.3) is 0 Å². The van der Waals surface area contributed by atoms with Crippen molar-refractivity contribution in [3.05, 3.63) is 0 Å². The fourth-order valence-corrected chi connectivity index (χ4v) is 2.21. The molecule has 0 aliphatic carbocycles. The van der Waals surface area contributed by atoms with Gasteiger partial charge in [0.15, 0.2) is 0 Å². The van der Waals surface area contributed by atoms with Crippen molar-refractivity contribution in [2.45, 2.75) is 6.42 Å². The first-order chi connectivity index (χ1) is 7.84. The quantitative estimate of drug-likeness (QED) is 0.646. The van der Waals surface area contributed by atoms with Crippen LogP contribution in [-0.2, 0) is 0 Å². The molecule has 2 saturated heterocycles. The highest BCUT2D eigenvalue weighted by atomic mass is 15.5. The zero-order chi connectivity index (χ0) is 11.2. The molecule has 0 saturated carbocycles. The van der Waals surface area contributed by atoms with Gasteiger partial charge in [0.2, 0.25) is 0 Å². The van der Waals surface area contributed by atoms with Gasteiger partial charge < -0.3 is 10.2 Å². The first kappa shape index (κ1) is 12.3. The van der Waals surface area contributed by atoms with Crippen LogP contribution in [0, 0.1) is 0 Å². The summed E-state index contributed by atoms with van der Waals surface area (Å²) in [6.07, 6.45) is 1.25. The molecule has 2 rings (SSSR count). The van der Waals surface area contributed by atoms with Crippen LogP contribution in [0.3, 0.4) is 0 Å². The summed E-state index contributed by atoms with van der Waals surface area (Å²) in [6.45, 7) is 10.3. The Hall–Kier alpha value is -0.200. The molecule has 2 fully saturated rings. The number of nitrogens with zero attached hydrogens (tertiary/aromatic N) is 3. The Morgan fingerprint density at radius 3 is 2.62 bits per heavy atom. The predicted molar refractivity (Wildman–Crippen MR) is 66.1 cm³/mol. The molecule has 5 nitrogen and oxygen atoms in total. The molecule has 0 amide bonds. The van der Waals surface area contributed by atoms with Gasteiger partial charge in [0.1, 0.15) is 0 Å². The molecule has 2 N–H and O–H groups in total. The van der Waals surface area contributed by atoms with Crippen LogP contribution in [0.15, 0.2) is 0 Å². The average Bonchev–Trinajstić information content (AvgIpc) is 2.57. The Morgan fingerprint density at radius 2 is 1.81 bits per heavy atom. The molecule has 2 aliphatic heterocycles. The summed E-state index contributed by atoms with van der Waals surface area (Å²) in [5.41, 5.74) is 3.55. The normalized spacial score (nSPS) is 26.8. The molecule has 2 aliphatic rings. The maximum absolute atomic E-state index is 3.55. The molecule has 0 bridgehead atoms. The lowest BCUT2D eigenvalue weighted by Gasteiger charge is -2.34. The number of rotatable bonds is 3. The summed E-state index contributed by atoms with van der Waals surface area (Å²) in [6, 6.07) is 0. The van der Waals surface area contributed by atoms with Crippen LogP contribution < -0.4 is 10.7 Å². The Kier molecular flexibility index (Phi) is 4.99. The van der Waals surface area contributed by atoms with Crippen LogP contribution in [0.5, 0.6) is 0 Å². The minimum atomic E-state index is 1.01.